The molecule has 0 radical (unpaired) electrons. The van der Waals surface area contributed by atoms with Crippen LogP contribution in [0.25, 0.3) is 0 Å². The summed E-state index contributed by atoms with van der Waals surface area (Å²) in [5, 5.41) is 3.21. The summed E-state index contributed by atoms with van der Waals surface area (Å²) in [5.74, 6) is 0.549. The topological polar surface area (TPSA) is 41.6 Å². The molecule has 17 heavy (non-hydrogen) atoms. The highest BCUT2D eigenvalue weighted by Gasteiger charge is 2.18. The smallest absolute Gasteiger partial charge is 0.410 e. The van der Waals surface area contributed by atoms with Gasteiger partial charge in [0.05, 0.1) is 0 Å². The van der Waals surface area contributed by atoms with Crippen LogP contribution in [0.5, 0.6) is 0 Å². The molecule has 1 N–H and O–H groups in total. The number of carbonyl (C=O) groups is 1. The average molecular weight is 236 g/mol. The standard InChI is InChI=1S/C13H20N2O2/c1-11-3-2-4-12(9-11)10-17-13(16)15-7-5-14-6-8-15/h2-4,11,14H,5-10H2,1H3. The van der Waals surface area contributed by atoms with E-state index < -0.39 is 0 Å². The van der Waals surface area contributed by atoms with Gasteiger partial charge in [0.1, 0.15) is 6.61 Å². The molecule has 1 fully saturated rings. The molecule has 1 unspecified atom stereocenters. The van der Waals surface area contributed by atoms with E-state index in [2.05, 4.69) is 18.3 Å². The second-order valence-electron chi connectivity index (χ2n) is 4.68. The molecule has 1 amide bonds. The largest absolute Gasteiger partial charge is 0.445 e. The van der Waals surface area contributed by atoms with Crippen LogP contribution < -0.4 is 5.32 Å². The lowest BCUT2D eigenvalue weighted by molar-refractivity contribution is 0.104. The summed E-state index contributed by atoms with van der Waals surface area (Å²) in [7, 11) is 0. The molecule has 1 saturated heterocycles. The molecule has 0 bridgehead atoms. The lowest BCUT2D eigenvalue weighted by Crippen LogP contribution is -2.46. The van der Waals surface area contributed by atoms with Gasteiger partial charge in [-0.3, -0.25) is 0 Å². The van der Waals surface area contributed by atoms with Gasteiger partial charge in [0.2, 0.25) is 0 Å². The average Bonchev–Trinajstić information content (AvgIpc) is 2.37. The van der Waals surface area contributed by atoms with Crippen molar-refractivity contribution >= 4 is 6.09 Å². The van der Waals surface area contributed by atoms with Crippen molar-refractivity contribution in [1.82, 2.24) is 10.2 Å². The molecule has 0 aromatic heterocycles. The Labute approximate surface area is 102 Å². The van der Waals surface area contributed by atoms with Gasteiger partial charge in [-0.05, 0) is 17.9 Å². The number of rotatable bonds is 2. The minimum atomic E-state index is -0.186. The van der Waals surface area contributed by atoms with Crippen LogP contribution >= 0.6 is 0 Å². The fraction of sp³-hybridized carbons (Fsp3) is 0.615. The molecule has 1 atom stereocenters. The van der Waals surface area contributed by atoms with Gasteiger partial charge in [-0.1, -0.05) is 25.2 Å². The Balaban J connectivity index is 1.75. The summed E-state index contributed by atoms with van der Waals surface area (Å²) in [6, 6.07) is 0. The van der Waals surface area contributed by atoms with Crippen LogP contribution in [-0.2, 0) is 4.74 Å². The van der Waals surface area contributed by atoms with Crippen molar-refractivity contribution in [2.75, 3.05) is 32.8 Å². The van der Waals surface area contributed by atoms with E-state index in [0.717, 1.165) is 32.6 Å². The first kappa shape index (κ1) is 12.2. The molecule has 4 heteroatoms. The zero-order valence-electron chi connectivity index (χ0n) is 10.3. The van der Waals surface area contributed by atoms with Crippen LogP contribution in [0.15, 0.2) is 23.8 Å². The number of ether oxygens (including phenoxy) is 1. The van der Waals surface area contributed by atoms with E-state index in [1.54, 1.807) is 4.90 Å². The monoisotopic (exact) mass is 236 g/mol. The van der Waals surface area contributed by atoms with Crippen LogP contribution in [0, 0.1) is 5.92 Å². The molecule has 1 aliphatic carbocycles. The SMILES string of the molecule is CC1C=CC=C(COC(=O)N2CCNCC2)C1. The summed E-state index contributed by atoms with van der Waals surface area (Å²) in [6.07, 6.45) is 7.06. The summed E-state index contributed by atoms with van der Waals surface area (Å²) in [6.45, 7) is 5.80. The predicted molar refractivity (Wildman–Crippen MR) is 66.8 cm³/mol. The highest BCUT2D eigenvalue weighted by molar-refractivity contribution is 5.68. The third-order valence-corrected chi connectivity index (χ3v) is 3.11. The van der Waals surface area contributed by atoms with Gasteiger partial charge in [-0.25, -0.2) is 4.79 Å². The molecule has 4 nitrogen and oxygen atoms in total. The highest BCUT2D eigenvalue weighted by Crippen LogP contribution is 2.18. The first-order chi connectivity index (χ1) is 8.25. The van der Waals surface area contributed by atoms with Gasteiger partial charge in [0.15, 0.2) is 0 Å². The Bertz CT molecular complexity index is 330. The fourth-order valence-electron chi connectivity index (χ4n) is 2.13. The van der Waals surface area contributed by atoms with Gasteiger partial charge >= 0.3 is 6.09 Å². The summed E-state index contributed by atoms with van der Waals surface area (Å²) in [4.78, 5) is 13.5. The Morgan fingerprint density at radius 3 is 3.00 bits per heavy atom. The number of nitrogens with one attached hydrogen (secondary N) is 1. The number of carbonyl (C=O) groups excluding carboxylic acids is 1. The highest BCUT2D eigenvalue weighted by atomic mass is 16.6. The second-order valence-corrected chi connectivity index (χ2v) is 4.68. The van der Waals surface area contributed by atoms with Gasteiger partial charge in [-0.2, -0.15) is 0 Å². The fourth-order valence-corrected chi connectivity index (χ4v) is 2.13. The van der Waals surface area contributed by atoms with Crippen molar-refractivity contribution in [1.29, 1.82) is 0 Å². The van der Waals surface area contributed by atoms with Crippen molar-refractivity contribution in [2.24, 2.45) is 5.92 Å². The second kappa shape index (κ2) is 5.87. The van der Waals surface area contributed by atoms with Crippen LogP contribution in [0.4, 0.5) is 4.79 Å². The lowest BCUT2D eigenvalue weighted by atomic mass is 9.97. The predicted octanol–water partition coefficient (Wildman–Crippen LogP) is 1.55. The Morgan fingerprint density at radius 1 is 1.53 bits per heavy atom. The van der Waals surface area contributed by atoms with E-state index in [1.165, 1.54) is 5.57 Å². The van der Waals surface area contributed by atoms with E-state index in [9.17, 15) is 4.79 Å². The number of hydrogen-bond acceptors (Lipinski definition) is 3. The van der Waals surface area contributed by atoms with E-state index in [-0.39, 0.29) is 6.09 Å². The number of amides is 1. The van der Waals surface area contributed by atoms with Crippen LogP contribution in [0.1, 0.15) is 13.3 Å². The molecular formula is C13H20N2O2. The minimum Gasteiger partial charge on any atom is -0.445 e. The first-order valence-electron chi connectivity index (χ1n) is 6.24. The lowest BCUT2D eigenvalue weighted by Gasteiger charge is -2.27. The molecule has 94 valence electrons. The summed E-state index contributed by atoms with van der Waals surface area (Å²) >= 11 is 0. The zero-order valence-corrected chi connectivity index (χ0v) is 10.3. The van der Waals surface area contributed by atoms with Crippen molar-refractivity contribution in [3.8, 4) is 0 Å². The van der Waals surface area contributed by atoms with Crippen molar-refractivity contribution in [2.45, 2.75) is 13.3 Å². The third kappa shape index (κ3) is 3.60. The van der Waals surface area contributed by atoms with E-state index in [0.29, 0.717) is 12.5 Å². The van der Waals surface area contributed by atoms with Gasteiger partial charge in [-0.15, -0.1) is 0 Å². The Morgan fingerprint density at radius 2 is 2.29 bits per heavy atom. The van der Waals surface area contributed by atoms with Crippen molar-refractivity contribution in [3.05, 3.63) is 23.8 Å². The Hall–Kier alpha value is -1.29. The number of hydrogen-bond donors (Lipinski definition) is 1. The molecule has 0 spiro atoms. The molecule has 0 aromatic carbocycles. The van der Waals surface area contributed by atoms with E-state index in [4.69, 9.17) is 4.74 Å². The first-order valence-corrected chi connectivity index (χ1v) is 6.24. The maximum absolute atomic E-state index is 11.8. The number of nitrogens with zero attached hydrogens (tertiary/aromatic N) is 1. The van der Waals surface area contributed by atoms with Gasteiger partial charge in [0, 0.05) is 26.2 Å². The zero-order chi connectivity index (χ0) is 12.1. The third-order valence-electron chi connectivity index (χ3n) is 3.11. The molecule has 0 aromatic rings. The quantitative estimate of drug-likeness (QED) is 0.791. The number of allylic oxidation sites excluding steroid dienone is 3. The molecule has 1 aliphatic heterocycles. The van der Waals surface area contributed by atoms with Crippen LogP contribution in [-0.4, -0.2) is 43.8 Å². The minimum absolute atomic E-state index is 0.186. The molecule has 2 aliphatic rings. The van der Waals surface area contributed by atoms with E-state index in [1.807, 2.05) is 12.2 Å². The maximum Gasteiger partial charge on any atom is 0.410 e. The van der Waals surface area contributed by atoms with Gasteiger partial charge < -0.3 is 15.0 Å². The Kier molecular flexibility index (Phi) is 4.20. The van der Waals surface area contributed by atoms with Crippen molar-refractivity contribution < 1.29 is 9.53 Å². The normalized spacial score (nSPS) is 24.4. The van der Waals surface area contributed by atoms with Crippen LogP contribution in [0.3, 0.4) is 0 Å². The van der Waals surface area contributed by atoms with E-state index >= 15 is 0 Å². The van der Waals surface area contributed by atoms with Gasteiger partial charge in [0.25, 0.3) is 0 Å². The summed E-state index contributed by atoms with van der Waals surface area (Å²) in [5.41, 5.74) is 1.20. The molecular weight excluding hydrogens is 216 g/mol. The number of piperazine rings is 1. The van der Waals surface area contributed by atoms with Crippen molar-refractivity contribution in [3.63, 3.8) is 0 Å². The summed E-state index contributed by atoms with van der Waals surface area (Å²) < 4.78 is 5.33. The maximum atomic E-state index is 11.8. The molecule has 0 saturated carbocycles. The molecule has 1 heterocycles. The van der Waals surface area contributed by atoms with Crippen LogP contribution in [0.2, 0.25) is 0 Å². The molecule has 2 rings (SSSR count).